The molecule has 8 heteroatoms. The highest BCUT2D eigenvalue weighted by atomic mass is 16.5. The van der Waals surface area contributed by atoms with Crippen molar-refractivity contribution in [2.24, 2.45) is 0 Å². The van der Waals surface area contributed by atoms with E-state index in [1.165, 1.54) is 0 Å². The molecule has 1 fully saturated rings. The van der Waals surface area contributed by atoms with Crippen molar-refractivity contribution in [3.8, 4) is 5.75 Å². The van der Waals surface area contributed by atoms with Crippen LogP contribution in [0, 0.1) is 0 Å². The van der Waals surface area contributed by atoms with E-state index in [4.69, 9.17) is 4.74 Å². The van der Waals surface area contributed by atoms with Crippen LogP contribution in [0.1, 0.15) is 24.6 Å². The van der Waals surface area contributed by atoms with Crippen molar-refractivity contribution in [2.75, 3.05) is 26.7 Å². The fraction of sp³-hybridized carbons (Fsp3) is 0.429. The van der Waals surface area contributed by atoms with Gasteiger partial charge in [-0.05, 0) is 24.6 Å². The van der Waals surface area contributed by atoms with Crippen LogP contribution in [-0.4, -0.2) is 64.4 Å². The van der Waals surface area contributed by atoms with Gasteiger partial charge in [0.05, 0.1) is 37.5 Å². The van der Waals surface area contributed by atoms with E-state index in [0.29, 0.717) is 38.5 Å². The molecule has 0 aliphatic carbocycles. The number of ether oxygens (including phenoxy) is 1. The van der Waals surface area contributed by atoms with Gasteiger partial charge in [0.25, 0.3) is 0 Å². The van der Waals surface area contributed by atoms with Crippen LogP contribution in [0.4, 0.5) is 0 Å². The third kappa shape index (κ3) is 5.74. The Hall–Kier alpha value is -3.00. The lowest BCUT2D eigenvalue weighted by atomic mass is 10.1. The Morgan fingerprint density at radius 2 is 2.10 bits per heavy atom. The molecule has 1 aromatic carbocycles. The van der Waals surface area contributed by atoms with Crippen molar-refractivity contribution >= 4 is 11.8 Å². The predicted octanol–water partition coefficient (Wildman–Crippen LogP) is 1.22. The zero-order chi connectivity index (χ0) is 20.6. The molecular formula is C21H27N5O3. The summed E-state index contributed by atoms with van der Waals surface area (Å²) in [5, 5.41) is 2.87. The molecule has 8 nitrogen and oxygen atoms in total. The van der Waals surface area contributed by atoms with Gasteiger partial charge >= 0.3 is 0 Å². The van der Waals surface area contributed by atoms with E-state index < -0.39 is 6.04 Å². The minimum Gasteiger partial charge on any atom is -0.494 e. The van der Waals surface area contributed by atoms with Crippen molar-refractivity contribution in [3.05, 3.63) is 54.1 Å². The molecule has 154 valence electrons. The Morgan fingerprint density at radius 3 is 2.79 bits per heavy atom. The van der Waals surface area contributed by atoms with Gasteiger partial charge in [-0.15, -0.1) is 0 Å². The molecule has 3 rings (SSSR count). The Morgan fingerprint density at radius 1 is 1.31 bits per heavy atom. The number of hydrogen-bond acceptors (Lipinski definition) is 6. The number of carbonyl (C=O) groups excluding carboxylic acids is 2. The maximum absolute atomic E-state index is 12.7. The van der Waals surface area contributed by atoms with Crippen LogP contribution in [0.3, 0.4) is 0 Å². The normalized spacial score (nSPS) is 16.9. The molecule has 1 aromatic heterocycles. The van der Waals surface area contributed by atoms with Crippen molar-refractivity contribution in [2.45, 2.75) is 32.5 Å². The number of piperazine rings is 1. The van der Waals surface area contributed by atoms with E-state index in [0.717, 1.165) is 11.3 Å². The van der Waals surface area contributed by atoms with Gasteiger partial charge in [0.2, 0.25) is 11.8 Å². The number of carbonyl (C=O) groups is 2. The summed E-state index contributed by atoms with van der Waals surface area (Å²) < 4.78 is 5.48. The quantitative estimate of drug-likeness (QED) is 0.721. The molecule has 1 N–H and O–H groups in total. The van der Waals surface area contributed by atoms with Gasteiger partial charge in [-0.1, -0.05) is 12.1 Å². The van der Waals surface area contributed by atoms with E-state index in [9.17, 15) is 9.59 Å². The van der Waals surface area contributed by atoms with Gasteiger partial charge in [0.1, 0.15) is 5.75 Å². The van der Waals surface area contributed by atoms with Crippen LogP contribution >= 0.6 is 0 Å². The Labute approximate surface area is 170 Å². The van der Waals surface area contributed by atoms with E-state index in [1.54, 1.807) is 30.5 Å². The molecule has 2 aromatic rings. The van der Waals surface area contributed by atoms with E-state index >= 15 is 0 Å². The number of hydrogen-bond donors (Lipinski definition) is 1. The number of rotatable bonds is 8. The van der Waals surface area contributed by atoms with Gasteiger partial charge in [0.15, 0.2) is 0 Å². The lowest BCUT2D eigenvalue weighted by Crippen LogP contribution is -2.56. The van der Waals surface area contributed by atoms with Crippen molar-refractivity contribution in [1.82, 2.24) is 25.1 Å². The second kappa shape index (κ2) is 9.97. The molecule has 1 aliphatic rings. The maximum Gasteiger partial charge on any atom is 0.237 e. The zero-order valence-corrected chi connectivity index (χ0v) is 16.9. The largest absolute Gasteiger partial charge is 0.494 e. The van der Waals surface area contributed by atoms with Crippen LogP contribution in [0.15, 0.2) is 42.9 Å². The molecular weight excluding hydrogens is 370 g/mol. The molecule has 1 saturated heterocycles. The number of nitrogens with one attached hydrogen (secondary N) is 1. The predicted molar refractivity (Wildman–Crippen MR) is 108 cm³/mol. The lowest BCUT2D eigenvalue weighted by molar-refractivity contribution is -0.138. The Balaban J connectivity index is 1.63. The molecule has 0 spiro atoms. The van der Waals surface area contributed by atoms with E-state index in [1.807, 2.05) is 31.2 Å². The van der Waals surface area contributed by atoms with Gasteiger partial charge in [-0.3, -0.25) is 24.5 Å². The number of benzene rings is 1. The highest BCUT2D eigenvalue weighted by Gasteiger charge is 2.32. The summed E-state index contributed by atoms with van der Waals surface area (Å²) >= 11 is 0. The van der Waals surface area contributed by atoms with Crippen LogP contribution in [0.25, 0.3) is 0 Å². The summed E-state index contributed by atoms with van der Waals surface area (Å²) in [5.74, 6) is 0.614. The summed E-state index contributed by atoms with van der Waals surface area (Å²) in [7, 11) is 1.72. The first-order valence-corrected chi connectivity index (χ1v) is 9.79. The average molecular weight is 397 g/mol. The molecule has 0 unspecified atom stereocenters. The monoisotopic (exact) mass is 397 g/mol. The standard InChI is InChI=1S/C21H27N5O3/c1-3-29-18-6-4-16(5-7-18)14-26-11-10-24-21(28)19(26)12-20(27)25(2)15-17-13-22-8-9-23-17/h4-9,13,19H,3,10-12,14-15H2,1-2H3,(H,24,28)/t19-/m1/s1. The first-order chi connectivity index (χ1) is 14.1. The smallest absolute Gasteiger partial charge is 0.237 e. The van der Waals surface area contributed by atoms with Crippen LogP contribution < -0.4 is 10.1 Å². The van der Waals surface area contributed by atoms with E-state index in [2.05, 4.69) is 20.2 Å². The van der Waals surface area contributed by atoms with Crippen LogP contribution in [-0.2, 0) is 22.7 Å². The molecule has 1 atom stereocenters. The van der Waals surface area contributed by atoms with Crippen LogP contribution in [0.5, 0.6) is 5.75 Å². The molecule has 2 amide bonds. The van der Waals surface area contributed by atoms with Crippen molar-refractivity contribution in [1.29, 1.82) is 0 Å². The summed E-state index contributed by atoms with van der Waals surface area (Å²) in [4.78, 5) is 37.1. The SMILES string of the molecule is CCOc1ccc(CN2CCNC(=O)[C@H]2CC(=O)N(C)Cc2cnccn2)cc1. The Bertz CT molecular complexity index is 813. The second-order valence-electron chi connectivity index (χ2n) is 7.00. The fourth-order valence-electron chi connectivity index (χ4n) is 3.33. The number of aromatic nitrogens is 2. The fourth-order valence-corrected chi connectivity index (χ4v) is 3.33. The minimum atomic E-state index is -0.493. The van der Waals surface area contributed by atoms with E-state index in [-0.39, 0.29) is 18.2 Å². The van der Waals surface area contributed by atoms with Crippen molar-refractivity contribution < 1.29 is 14.3 Å². The number of amides is 2. The van der Waals surface area contributed by atoms with Gasteiger partial charge < -0.3 is 15.0 Å². The van der Waals surface area contributed by atoms with Gasteiger partial charge in [-0.25, -0.2) is 0 Å². The minimum absolute atomic E-state index is 0.102. The number of nitrogens with zero attached hydrogens (tertiary/aromatic N) is 4. The first-order valence-electron chi connectivity index (χ1n) is 9.79. The highest BCUT2D eigenvalue weighted by molar-refractivity contribution is 5.88. The van der Waals surface area contributed by atoms with Crippen molar-refractivity contribution in [3.63, 3.8) is 0 Å². The average Bonchev–Trinajstić information content (AvgIpc) is 2.73. The second-order valence-corrected chi connectivity index (χ2v) is 7.00. The molecule has 29 heavy (non-hydrogen) atoms. The zero-order valence-electron chi connectivity index (χ0n) is 16.9. The summed E-state index contributed by atoms with van der Waals surface area (Å²) in [6.45, 7) is 4.81. The molecule has 0 saturated carbocycles. The first kappa shape index (κ1) is 20.7. The van der Waals surface area contributed by atoms with Crippen LogP contribution in [0.2, 0.25) is 0 Å². The topological polar surface area (TPSA) is 87.7 Å². The van der Waals surface area contributed by atoms with Gasteiger partial charge in [-0.2, -0.15) is 0 Å². The third-order valence-corrected chi connectivity index (χ3v) is 4.87. The maximum atomic E-state index is 12.7. The summed E-state index contributed by atoms with van der Waals surface area (Å²) in [6.07, 6.45) is 4.95. The molecule has 2 heterocycles. The molecule has 1 aliphatic heterocycles. The highest BCUT2D eigenvalue weighted by Crippen LogP contribution is 2.18. The Kier molecular flexibility index (Phi) is 7.13. The molecule has 0 radical (unpaired) electrons. The third-order valence-electron chi connectivity index (χ3n) is 4.87. The molecule has 0 bridgehead atoms. The summed E-state index contributed by atoms with van der Waals surface area (Å²) in [5.41, 5.74) is 1.79. The summed E-state index contributed by atoms with van der Waals surface area (Å²) in [6, 6.07) is 7.36. The lowest BCUT2D eigenvalue weighted by Gasteiger charge is -2.35. The van der Waals surface area contributed by atoms with Gasteiger partial charge in [0, 0.05) is 39.1 Å².